The number of nitrogens with one attached hydrogen (secondary N) is 2. The average molecular weight is 677 g/mol. The lowest BCUT2D eigenvalue weighted by Crippen LogP contribution is -2.45. The standard InChI is InChI=1S/C31H40N2O4.C7H8O3S/c1-6-24(19-14-22-32-28(34)36-5)31(25-17-11-8-12-18-25)21-13-20-26(33-29(35)37-30(2,3)4)27(31)23-15-9-7-10-16-23;1-6-4-2-3-5-7(6)11(8,9)10/h7-13,15-18,20-21,24,27H,6,14,19,22H2,1-5H3,(H,32,34)(H,33,35);2-5H,1H3,(H,8,9,10)/t24-,27?,31?;/m0./s1. The van der Waals surface area contributed by atoms with E-state index in [1.165, 1.54) is 18.7 Å². The molecule has 10 heteroatoms. The van der Waals surface area contributed by atoms with Gasteiger partial charge in [0.15, 0.2) is 0 Å². The Bertz CT molecular complexity index is 1670. The van der Waals surface area contributed by atoms with Gasteiger partial charge in [0.25, 0.3) is 10.1 Å². The molecule has 3 aromatic rings. The Morgan fingerprint density at radius 3 is 2.08 bits per heavy atom. The monoisotopic (exact) mass is 676 g/mol. The molecule has 1 aliphatic carbocycles. The van der Waals surface area contributed by atoms with Crippen molar-refractivity contribution in [3.05, 3.63) is 126 Å². The number of hydrogen-bond donors (Lipinski definition) is 3. The first-order chi connectivity index (χ1) is 22.7. The molecule has 4 rings (SSSR count). The predicted molar refractivity (Wildman–Crippen MR) is 188 cm³/mol. The highest BCUT2D eigenvalue weighted by molar-refractivity contribution is 7.85. The van der Waals surface area contributed by atoms with Gasteiger partial charge in [0, 0.05) is 23.6 Å². The van der Waals surface area contributed by atoms with Crippen LogP contribution in [0.3, 0.4) is 0 Å². The summed E-state index contributed by atoms with van der Waals surface area (Å²) >= 11 is 0. The van der Waals surface area contributed by atoms with Gasteiger partial charge < -0.3 is 14.8 Å². The fourth-order valence-corrected chi connectivity index (χ4v) is 6.96. The molecule has 0 aromatic heterocycles. The molecule has 0 fully saturated rings. The molecular formula is C38H48N2O7S. The summed E-state index contributed by atoms with van der Waals surface area (Å²) in [5.41, 5.74) is 2.62. The molecule has 0 heterocycles. The van der Waals surface area contributed by atoms with Gasteiger partial charge in [-0.05, 0) is 75.3 Å². The topological polar surface area (TPSA) is 131 Å². The maximum absolute atomic E-state index is 12.9. The van der Waals surface area contributed by atoms with Gasteiger partial charge in [0.2, 0.25) is 0 Å². The molecule has 2 unspecified atom stereocenters. The Morgan fingerprint density at radius 2 is 1.54 bits per heavy atom. The molecule has 3 atom stereocenters. The van der Waals surface area contributed by atoms with Crippen LogP contribution >= 0.6 is 0 Å². The summed E-state index contributed by atoms with van der Waals surface area (Å²) < 4.78 is 40.2. The van der Waals surface area contributed by atoms with Gasteiger partial charge >= 0.3 is 12.2 Å². The molecule has 3 aromatic carbocycles. The van der Waals surface area contributed by atoms with Crippen molar-refractivity contribution in [3.8, 4) is 0 Å². The second-order valence-corrected chi connectivity index (χ2v) is 14.0. The van der Waals surface area contributed by atoms with E-state index in [-0.39, 0.29) is 16.7 Å². The van der Waals surface area contributed by atoms with Gasteiger partial charge in [0.05, 0.1) is 12.0 Å². The number of methoxy groups -OCH3 is 1. The molecule has 2 amide bonds. The van der Waals surface area contributed by atoms with Crippen LogP contribution in [0.5, 0.6) is 0 Å². The van der Waals surface area contributed by atoms with E-state index in [0.717, 1.165) is 30.5 Å². The van der Waals surface area contributed by atoms with E-state index in [2.05, 4.69) is 66.1 Å². The number of alkyl carbamates (subject to hydrolysis) is 2. The third-order valence-corrected chi connectivity index (χ3v) is 9.23. The molecule has 0 bridgehead atoms. The zero-order valence-electron chi connectivity index (χ0n) is 28.6. The van der Waals surface area contributed by atoms with Crippen LogP contribution in [0, 0.1) is 12.8 Å². The molecule has 0 saturated heterocycles. The Labute approximate surface area is 285 Å². The zero-order valence-corrected chi connectivity index (χ0v) is 29.4. The van der Waals surface area contributed by atoms with E-state index in [1.807, 2.05) is 51.1 Å². The summed E-state index contributed by atoms with van der Waals surface area (Å²) in [7, 11) is -2.66. The molecule has 1 aliphatic rings. The van der Waals surface area contributed by atoms with E-state index >= 15 is 0 Å². The fourth-order valence-electron chi connectivity index (χ4n) is 6.23. The smallest absolute Gasteiger partial charge is 0.411 e. The highest BCUT2D eigenvalue weighted by atomic mass is 32.2. The Kier molecular flexibility index (Phi) is 13.6. The normalized spacial score (nSPS) is 18.0. The lowest BCUT2D eigenvalue weighted by Gasteiger charge is -2.48. The number of hydrogen-bond acceptors (Lipinski definition) is 6. The molecule has 9 nitrogen and oxygen atoms in total. The summed E-state index contributed by atoms with van der Waals surface area (Å²) in [6.07, 6.45) is 8.04. The van der Waals surface area contributed by atoms with Crippen LogP contribution in [0.15, 0.2) is 114 Å². The quantitative estimate of drug-likeness (QED) is 0.146. The molecule has 48 heavy (non-hydrogen) atoms. The number of ether oxygens (including phenoxy) is 2. The summed E-state index contributed by atoms with van der Waals surface area (Å²) in [4.78, 5) is 24.5. The van der Waals surface area contributed by atoms with Gasteiger partial charge in [-0.15, -0.1) is 0 Å². The van der Waals surface area contributed by atoms with Crippen LogP contribution < -0.4 is 10.6 Å². The highest BCUT2D eigenvalue weighted by Crippen LogP contribution is 2.53. The predicted octanol–water partition coefficient (Wildman–Crippen LogP) is 8.09. The van der Waals surface area contributed by atoms with Crippen LogP contribution in [0.1, 0.15) is 69.6 Å². The Balaban J connectivity index is 0.000000480. The summed E-state index contributed by atoms with van der Waals surface area (Å²) in [5.74, 6) is 0.0760. The van der Waals surface area contributed by atoms with Crippen LogP contribution in [-0.2, 0) is 25.0 Å². The van der Waals surface area contributed by atoms with Crippen molar-refractivity contribution in [2.45, 2.75) is 75.7 Å². The second-order valence-electron chi connectivity index (χ2n) is 12.7. The first-order valence-corrected chi connectivity index (χ1v) is 17.5. The van der Waals surface area contributed by atoms with Crippen molar-refractivity contribution in [3.63, 3.8) is 0 Å². The molecular weight excluding hydrogens is 628 g/mol. The van der Waals surface area contributed by atoms with E-state index in [4.69, 9.17) is 14.0 Å². The van der Waals surface area contributed by atoms with Crippen molar-refractivity contribution in [1.82, 2.24) is 10.6 Å². The van der Waals surface area contributed by atoms with Crippen molar-refractivity contribution in [2.24, 2.45) is 5.92 Å². The van der Waals surface area contributed by atoms with Crippen molar-refractivity contribution < 1.29 is 32.0 Å². The van der Waals surface area contributed by atoms with Gasteiger partial charge in [-0.3, -0.25) is 9.87 Å². The van der Waals surface area contributed by atoms with Gasteiger partial charge in [-0.2, -0.15) is 8.42 Å². The Hall–Kier alpha value is -4.41. The van der Waals surface area contributed by atoms with Crippen LogP contribution in [0.4, 0.5) is 9.59 Å². The molecule has 0 aliphatic heterocycles. The number of allylic oxidation sites excluding steroid dienone is 4. The largest absolute Gasteiger partial charge is 0.453 e. The number of carbonyl (C=O) groups excluding carboxylic acids is 2. The summed E-state index contributed by atoms with van der Waals surface area (Å²) in [6, 6.07) is 27.1. The number of carbonyl (C=O) groups is 2. The maximum Gasteiger partial charge on any atom is 0.411 e. The number of aryl methyl sites for hydroxylation is 1. The van der Waals surface area contributed by atoms with Crippen molar-refractivity contribution >= 4 is 22.3 Å². The molecule has 0 spiro atoms. The van der Waals surface area contributed by atoms with Gasteiger partial charge in [-0.1, -0.05) is 104 Å². The summed E-state index contributed by atoms with van der Waals surface area (Å²) in [6.45, 7) is 9.95. The molecule has 0 radical (unpaired) electrons. The first kappa shape index (κ1) is 38.0. The van der Waals surface area contributed by atoms with Crippen LogP contribution in [-0.4, -0.2) is 44.4 Å². The highest BCUT2D eigenvalue weighted by Gasteiger charge is 2.47. The third-order valence-electron chi connectivity index (χ3n) is 8.21. The average Bonchev–Trinajstić information content (AvgIpc) is 3.04. The van der Waals surface area contributed by atoms with Crippen LogP contribution in [0.25, 0.3) is 0 Å². The zero-order chi connectivity index (χ0) is 35.4. The van der Waals surface area contributed by atoms with Crippen LogP contribution in [0.2, 0.25) is 0 Å². The number of rotatable bonds is 10. The Morgan fingerprint density at radius 1 is 0.938 bits per heavy atom. The minimum Gasteiger partial charge on any atom is -0.453 e. The molecule has 258 valence electrons. The van der Waals surface area contributed by atoms with E-state index in [9.17, 15) is 18.0 Å². The van der Waals surface area contributed by atoms with E-state index in [0.29, 0.717) is 12.1 Å². The van der Waals surface area contributed by atoms with Gasteiger partial charge in [0.1, 0.15) is 5.60 Å². The molecule has 0 saturated carbocycles. The van der Waals surface area contributed by atoms with E-state index < -0.39 is 33.3 Å². The lowest BCUT2D eigenvalue weighted by molar-refractivity contribution is 0.0538. The third kappa shape index (κ3) is 10.3. The summed E-state index contributed by atoms with van der Waals surface area (Å²) in [5, 5.41) is 5.89. The van der Waals surface area contributed by atoms with Crippen molar-refractivity contribution in [2.75, 3.05) is 13.7 Å². The van der Waals surface area contributed by atoms with E-state index in [1.54, 1.807) is 25.1 Å². The minimum absolute atomic E-state index is 0.0278. The first-order valence-electron chi connectivity index (χ1n) is 16.1. The van der Waals surface area contributed by atoms with Gasteiger partial charge in [-0.25, -0.2) is 9.59 Å². The minimum atomic E-state index is -4.03. The maximum atomic E-state index is 12.9. The molecule has 3 N–H and O–H groups in total. The van der Waals surface area contributed by atoms with Crippen molar-refractivity contribution in [1.29, 1.82) is 0 Å². The number of amides is 2. The lowest BCUT2D eigenvalue weighted by atomic mass is 9.56. The number of benzene rings is 3. The SMILES string of the molecule is CC[C@@H](CCCNC(=O)OC)C1(c2ccccc2)C=CC=C(NC(=O)OC(C)(C)C)C1c1ccccc1.Cc1ccccc1S(=O)(=O)O. The second kappa shape index (κ2) is 17.1. The fraction of sp³-hybridized carbons (Fsp3) is 0.368.